The first-order valence-electron chi connectivity index (χ1n) is 46.4. The average molecular weight is 2240 g/mol. The second-order valence-corrected chi connectivity index (χ2v) is 40.5. The molecule has 2 aliphatic carbocycles. The quantitative estimate of drug-likeness (QED) is 0.0136. The standard InChI is InChI=1S/C21H20BNO2.C21H18BrN.C16H15Br.C16H18O.C16H16.C15H14O2.C14H12O2.2CH4.CH3.BHNS.BrH.Mg.H2O4S.H3O3P/c1-21(2)17-10-6-7-11-19(17)23(16-8-4-3-5-9-16)20-13-12-15(22(24)25)14-18(20)21;1-21(2)17-10-6-7-11-19(17)23(16-8-4-3-5-9-16)20-13-12-15(22)14-18(20)21;1-16(2)14-6-4-3-5-11(14)9-12-7-8-13(17)10-15(12)16;1-16(2,17)15-11-7-6-10-14(15)12-13-8-4-3-5-9-13;1-16(2)14-9-5-3-7-12(14)11-13-8-4-6-10-15(13)16;1-17-15(16)14-10-6-5-9-13(14)11-12-7-3-2-4-8-12;15-14(16)13-9-5-4-8-12(13)10-11-6-2-1-3-7-11;;;;1-2-3;;;1-5(2,3)4;1-4(2)3/h3-14,24-25H,1-2H3;3-14H,1-2H3;3-8,10H,9H2,1-2H3;3-11,17H,12H2,1-2H3;3-10H,11H2,1-2H3;2-10H,11H2,1H3;1-9H,10H2,(H,15,16);2*1H4;1H3;3H;1H;;(H2,1,2,3,4);1-3H/q;;;;;;;;;-1;;;+2;;/p-1. The third-order valence-corrected chi connectivity index (χ3v) is 26.4. The molecule has 0 saturated heterocycles. The number of nitrogens with zero attached hydrogens (tertiary/aromatic N) is 3. The van der Waals surface area contributed by atoms with Crippen molar-refractivity contribution in [2.45, 2.75) is 143 Å². The van der Waals surface area contributed by atoms with Crippen molar-refractivity contribution in [3.8, 4) is 0 Å². The largest absolute Gasteiger partial charge is 2.00 e. The molecule has 0 fully saturated rings. The maximum absolute atomic E-state index is 11.6. The van der Waals surface area contributed by atoms with Crippen LogP contribution in [0.15, 0.2) is 414 Å². The van der Waals surface area contributed by atoms with E-state index < -0.39 is 37.7 Å². The number of anilines is 6. The average Bonchev–Trinajstić information content (AvgIpc) is 0.724. The van der Waals surface area contributed by atoms with Gasteiger partial charge in [0.15, 0.2) is 0 Å². The molecule has 9 N–H and O–H groups in total. The van der Waals surface area contributed by atoms with Gasteiger partial charge in [-0.15, -0.1) is 0 Å². The molecule has 4 aliphatic rings. The predicted molar refractivity (Wildman–Crippen MR) is 619 cm³/mol. The molecule has 2 aliphatic heterocycles. The van der Waals surface area contributed by atoms with Gasteiger partial charge in [0.25, 0.3) is 0 Å². The van der Waals surface area contributed by atoms with E-state index in [2.05, 4.69) is 340 Å². The Hall–Kier alpha value is -11.4. The smallest absolute Gasteiger partial charge is 1.00 e. The normalized spacial score (nSPS) is 12.7. The van der Waals surface area contributed by atoms with E-state index in [9.17, 15) is 24.7 Å². The number of aromatic carboxylic acids is 1. The number of hydrogen-bond donors (Lipinski definition) is 10. The van der Waals surface area contributed by atoms with Gasteiger partial charge in [0.2, 0.25) is 0 Å². The minimum absolute atomic E-state index is 0. The van der Waals surface area contributed by atoms with Crippen molar-refractivity contribution in [2.75, 3.05) is 16.9 Å². The minimum Gasteiger partial charge on any atom is -1.00 e. The molecule has 2 heterocycles. The van der Waals surface area contributed by atoms with Crippen LogP contribution in [0.1, 0.15) is 211 Å². The summed E-state index contributed by atoms with van der Waals surface area (Å²) in [6, 6.07) is 136. The van der Waals surface area contributed by atoms with E-state index in [1.807, 2.05) is 172 Å². The molecule has 17 nitrogen and oxygen atoms in total. The first kappa shape index (κ1) is 125. The number of aliphatic hydroxyl groups is 1. The van der Waals surface area contributed by atoms with Crippen molar-refractivity contribution in [1.29, 1.82) is 0 Å². The van der Waals surface area contributed by atoms with Crippen LogP contribution in [0.2, 0.25) is 0 Å². The fourth-order valence-corrected chi connectivity index (χ4v) is 19.4. The van der Waals surface area contributed by atoms with Gasteiger partial charge in [-0.3, -0.25) is 9.11 Å². The third kappa shape index (κ3) is 33.6. The summed E-state index contributed by atoms with van der Waals surface area (Å²) in [4.78, 5) is 48.9. The zero-order valence-corrected chi connectivity index (χ0v) is 92.6. The maximum atomic E-state index is 11.6. The number of esters is 1. The number of carboxylic acids is 1. The number of para-hydroxylation sites is 4. The van der Waals surface area contributed by atoms with Crippen LogP contribution >= 0.6 is 53.3 Å². The SMILES string of the molecule is C.C.CC(C)(O)c1ccccc1Cc1ccccc1.CC1(C)c2ccccc2Cc2ccc(Br)cc21.CC1(C)c2ccccc2Cc2ccccc21.CC1(C)c2ccccc2N(c2ccccc2)c2ccc(B(O)O)cc21.CC1(C)c2ccccc2N(c2ccccc2)c2ccc(Br)cc21.COC(=O)c1ccccc1Cc1ccccc1.O=C(O)c1ccccc1Cc1ccccc1.O=S(=O)(O)O.OP(O)O.[B]=NS.[Br-].[CH3-].[Mg+2]. The number of fused-ring (bicyclic) bond motifs is 8. The van der Waals surface area contributed by atoms with Crippen LogP contribution in [0.4, 0.5) is 34.1 Å². The molecule has 1 radical (unpaired) electrons. The van der Waals surface area contributed by atoms with Gasteiger partial charge >= 0.3 is 85.9 Å². The Morgan fingerprint density at radius 3 is 1.06 bits per heavy atom. The number of carboxylic acid groups (broad SMARTS) is 1. The summed E-state index contributed by atoms with van der Waals surface area (Å²) >= 11 is 10.4. The fraction of sp³-hybridized carbons (Fsp3) is 0.189. The molecule has 20 rings (SSSR count). The van der Waals surface area contributed by atoms with Crippen LogP contribution in [-0.2, 0) is 74.5 Å². The van der Waals surface area contributed by atoms with Gasteiger partial charge in [-0.05, 0) is 242 Å². The number of rotatable bonds is 12. The van der Waals surface area contributed by atoms with E-state index in [4.69, 9.17) is 42.0 Å². The minimum atomic E-state index is -4.67. The topological polar surface area (TPSA) is 278 Å². The van der Waals surface area contributed by atoms with Crippen LogP contribution in [0.5, 0.6) is 0 Å². The second-order valence-electron chi connectivity index (χ2n) is 37.0. The molecule has 763 valence electrons. The van der Waals surface area contributed by atoms with Crippen molar-refractivity contribution in [1.82, 2.24) is 0 Å². The maximum Gasteiger partial charge on any atom is 2.00 e. The van der Waals surface area contributed by atoms with Crippen LogP contribution in [0, 0.1) is 7.43 Å². The molecule has 0 saturated carbocycles. The summed E-state index contributed by atoms with van der Waals surface area (Å²) in [5.74, 6) is -1.15. The zero-order chi connectivity index (χ0) is 103. The first-order chi connectivity index (χ1) is 68.2. The van der Waals surface area contributed by atoms with Crippen LogP contribution < -0.4 is 32.2 Å². The van der Waals surface area contributed by atoms with Crippen molar-refractivity contribution in [3.05, 3.63) is 534 Å². The summed E-state index contributed by atoms with van der Waals surface area (Å²) in [6.45, 7) is 21.9. The Labute approximate surface area is 926 Å². The van der Waals surface area contributed by atoms with E-state index in [1.165, 1.54) is 107 Å². The van der Waals surface area contributed by atoms with Crippen molar-refractivity contribution < 1.29 is 83.8 Å². The summed E-state index contributed by atoms with van der Waals surface area (Å²) < 4.78 is 41.3. The number of methoxy groups -OCH3 is 1. The Balaban J connectivity index is 0.000000259. The molecule has 0 atom stereocenters. The molecule has 0 spiro atoms. The zero-order valence-electron chi connectivity index (χ0n) is 83.8. The van der Waals surface area contributed by atoms with E-state index in [-0.39, 0.29) is 89.9 Å². The van der Waals surface area contributed by atoms with E-state index in [0.717, 1.165) is 75.0 Å². The van der Waals surface area contributed by atoms with Gasteiger partial charge in [0.1, 0.15) is 0 Å². The Kier molecular flexibility index (Phi) is 49.2. The molecular formula is C122H130B2Br3MgN3O14PS2. The predicted octanol–water partition coefficient (Wildman–Crippen LogP) is 25.2. The molecule has 16 aromatic carbocycles. The molecule has 26 heteroatoms. The Morgan fingerprint density at radius 1 is 0.412 bits per heavy atom. The number of halogens is 3. The van der Waals surface area contributed by atoms with Gasteiger partial charge < -0.3 is 73.9 Å². The Bertz CT molecular complexity index is 7030. The number of thiol groups is 1. The molecule has 0 amide bonds. The van der Waals surface area contributed by atoms with Crippen LogP contribution in [0.25, 0.3) is 0 Å². The van der Waals surface area contributed by atoms with Crippen molar-refractivity contribution in [3.63, 3.8) is 0 Å². The number of carbonyl (C=O) groups excluding carboxylic acids is 1. The monoisotopic (exact) mass is 2240 g/mol. The summed E-state index contributed by atoms with van der Waals surface area (Å²) in [6.07, 6.45) is 4.40. The third-order valence-electron chi connectivity index (χ3n) is 25.4. The van der Waals surface area contributed by atoms with Gasteiger partial charge in [-0.25, -0.2) is 9.59 Å². The molecule has 148 heavy (non-hydrogen) atoms. The van der Waals surface area contributed by atoms with Crippen molar-refractivity contribution >= 4 is 153 Å². The number of carbonyl (C=O) groups is 2. The van der Waals surface area contributed by atoms with E-state index >= 15 is 0 Å². The molecule has 0 bridgehead atoms. The van der Waals surface area contributed by atoms with Gasteiger partial charge in [0.05, 0.1) is 46.6 Å². The molecule has 16 aromatic rings. The number of benzene rings is 16. The van der Waals surface area contributed by atoms with E-state index in [0.29, 0.717) is 23.0 Å². The van der Waals surface area contributed by atoms with Crippen LogP contribution in [0.3, 0.4) is 0 Å². The summed E-state index contributed by atoms with van der Waals surface area (Å²) in [5, 5.41) is 38.4. The van der Waals surface area contributed by atoms with Gasteiger partial charge in [-0.1, -0.05) is 418 Å². The Morgan fingerprint density at radius 2 is 0.682 bits per heavy atom. The molecular weight excluding hydrogens is 2110 g/mol. The molecule has 0 unspecified atom stereocenters. The number of hydrogen-bond acceptors (Lipinski definition) is 15. The fourth-order valence-electron chi connectivity index (χ4n) is 18.7. The summed E-state index contributed by atoms with van der Waals surface area (Å²) in [7, 11) is -3.02. The molecule has 0 aromatic heterocycles. The van der Waals surface area contributed by atoms with Crippen molar-refractivity contribution in [2.24, 2.45) is 4.30 Å². The van der Waals surface area contributed by atoms with Gasteiger partial charge in [-0.2, -0.15) is 8.42 Å². The number of ether oxygens (including phenoxy) is 1. The second kappa shape index (κ2) is 58.1. The first-order valence-corrected chi connectivity index (χ1v) is 51.0. The van der Waals surface area contributed by atoms with Crippen LogP contribution in [-0.4, -0.2) is 109 Å². The van der Waals surface area contributed by atoms with E-state index in [1.54, 1.807) is 24.3 Å². The summed E-state index contributed by atoms with van der Waals surface area (Å²) in [5.41, 5.74) is 32.1. The van der Waals surface area contributed by atoms with Gasteiger partial charge in [0, 0.05) is 42.0 Å².